The van der Waals surface area contributed by atoms with Gasteiger partial charge in [0.2, 0.25) is 0 Å². The Morgan fingerprint density at radius 2 is 1.89 bits per heavy atom. The van der Waals surface area contributed by atoms with Crippen molar-refractivity contribution in [2.45, 2.75) is 44.9 Å². The van der Waals surface area contributed by atoms with Gasteiger partial charge in [0.25, 0.3) is 0 Å². The van der Waals surface area contributed by atoms with Crippen LogP contribution in [0.15, 0.2) is 12.1 Å². The van der Waals surface area contributed by atoms with Crippen LogP contribution in [0.1, 0.15) is 52.7 Å². The standard InChI is InChI=1S/C16H23NO2/c1-11-8-12(2)14(9-13(11)15(18)19-3)16(10-17)6-4-5-7-16/h8-9H,4-7,10,17H2,1-3H3. The molecular formula is C16H23NO2. The molecule has 0 heterocycles. The van der Waals surface area contributed by atoms with Crippen LogP contribution in [0.2, 0.25) is 0 Å². The minimum Gasteiger partial charge on any atom is -0.465 e. The van der Waals surface area contributed by atoms with Crippen molar-refractivity contribution in [2.24, 2.45) is 5.73 Å². The molecule has 0 spiro atoms. The molecule has 0 atom stereocenters. The van der Waals surface area contributed by atoms with Crippen LogP contribution in [-0.2, 0) is 10.2 Å². The van der Waals surface area contributed by atoms with E-state index in [1.807, 2.05) is 13.0 Å². The molecule has 1 aromatic rings. The van der Waals surface area contributed by atoms with Crippen molar-refractivity contribution < 1.29 is 9.53 Å². The van der Waals surface area contributed by atoms with Crippen molar-refractivity contribution in [3.8, 4) is 0 Å². The van der Waals surface area contributed by atoms with E-state index in [1.165, 1.54) is 31.1 Å². The first kappa shape index (κ1) is 14.1. The third-order valence-corrected chi connectivity index (χ3v) is 4.50. The van der Waals surface area contributed by atoms with Gasteiger partial charge in [-0.15, -0.1) is 0 Å². The van der Waals surface area contributed by atoms with E-state index in [0.717, 1.165) is 18.4 Å². The van der Waals surface area contributed by atoms with Gasteiger partial charge in [-0.3, -0.25) is 0 Å². The molecule has 19 heavy (non-hydrogen) atoms. The fourth-order valence-electron chi connectivity index (χ4n) is 3.39. The highest BCUT2D eigenvalue weighted by molar-refractivity contribution is 5.91. The summed E-state index contributed by atoms with van der Waals surface area (Å²) >= 11 is 0. The van der Waals surface area contributed by atoms with Gasteiger partial charge in [-0.1, -0.05) is 18.9 Å². The summed E-state index contributed by atoms with van der Waals surface area (Å²) in [4.78, 5) is 11.9. The van der Waals surface area contributed by atoms with Gasteiger partial charge in [0.15, 0.2) is 0 Å². The van der Waals surface area contributed by atoms with Crippen molar-refractivity contribution in [2.75, 3.05) is 13.7 Å². The van der Waals surface area contributed by atoms with Crippen LogP contribution < -0.4 is 5.73 Å². The van der Waals surface area contributed by atoms with E-state index in [4.69, 9.17) is 10.5 Å². The molecule has 0 amide bonds. The molecule has 1 aromatic carbocycles. The molecule has 3 heteroatoms. The highest BCUT2D eigenvalue weighted by atomic mass is 16.5. The molecule has 0 aliphatic heterocycles. The highest BCUT2D eigenvalue weighted by Gasteiger charge is 2.36. The number of methoxy groups -OCH3 is 1. The molecule has 0 radical (unpaired) electrons. The van der Waals surface area contributed by atoms with Gasteiger partial charge in [0.05, 0.1) is 12.7 Å². The summed E-state index contributed by atoms with van der Waals surface area (Å²) in [5.41, 5.74) is 10.2. The summed E-state index contributed by atoms with van der Waals surface area (Å²) in [6.45, 7) is 4.71. The summed E-state index contributed by atoms with van der Waals surface area (Å²) in [7, 11) is 1.43. The van der Waals surface area contributed by atoms with Gasteiger partial charge in [-0.2, -0.15) is 0 Å². The van der Waals surface area contributed by atoms with Crippen LogP contribution >= 0.6 is 0 Å². The van der Waals surface area contributed by atoms with Crippen molar-refractivity contribution in [1.29, 1.82) is 0 Å². The maximum Gasteiger partial charge on any atom is 0.338 e. The van der Waals surface area contributed by atoms with E-state index < -0.39 is 0 Å². The van der Waals surface area contributed by atoms with E-state index in [1.54, 1.807) is 0 Å². The fraction of sp³-hybridized carbons (Fsp3) is 0.562. The topological polar surface area (TPSA) is 52.3 Å². The predicted octanol–water partition coefficient (Wildman–Crippen LogP) is 2.86. The molecular weight excluding hydrogens is 238 g/mol. The van der Waals surface area contributed by atoms with Gasteiger partial charge >= 0.3 is 5.97 Å². The maximum atomic E-state index is 11.9. The molecule has 1 fully saturated rings. The lowest BCUT2D eigenvalue weighted by atomic mass is 9.76. The van der Waals surface area contributed by atoms with E-state index >= 15 is 0 Å². The van der Waals surface area contributed by atoms with E-state index in [9.17, 15) is 4.79 Å². The number of carbonyl (C=O) groups is 1. The number of esters is 1. The van der Waals surface area contributed by atoms with E-state index in [0.29, 0.717) is 12.1 Å². The lowest BCUT2D eigenvalue weighted by Crippen LogP contribution is -2.33. The van der Waals surface area contributed by atoms with Crippen LogP contribution in [0.3, 0.4) is 0 Å². The Kier molecular flexibility index (Phi) is 3.95. The summed E-state index contributed by atoms with van der Waals surface area (Å²) in [6, 6.07) is 4.09. The number of ether oxygens (including phenoxy) is 1. The van der Waals surface area contributed by atoms with Crippen molar-refractivity contribution in [3.63, 3.8) is 0 Å². The van der Waals surface area contributed by atoms with Crippen LogP contribution in [-0.4, -0.2) is 19.6 Å². The zero-order valence-corrected chi connectivity index (χ0v) is 12.1. The number of carbonyl (C=O) groups excluding carboxylic acids is 1. The Balaban J connectivity index is 2.53. The SMILES string of the molecule is COC(=O)c1cc(C2(CN)CCCC2)c(C)cc1C. The van der Waals surface area contributed by atoms with Crippen LogP contribution in [0.4, 0.5) is 0 Å². The number of rotatable bonds is 3. The Hall–Kier alpha value is -1.35. The molecule has 0 unspecified atom stereocenters. The third-order valence-electron chi connectivity index (χ3n) is 4.50. The highest BCUT2D eigenvalue weighted by Crippen LogP contribution is 2.42. The number of benzene rings is 1. The number of hydrogen-bond acceptors (Lipinski definition) is 3. The van der Waals surface area contributed by atoms with Gasteiger partial charge in [-0.05, 0) is 49.4 Å². The van der Waals surface area contributed by atoms with E-state index in [2.05, 4.69) is 13.0 Å². The zero-order valence-electron chi connectivity index (χ0n) is 12.1. The minimum atomic E-state index is -0.260. The smallest absolute Gasteiger partial charge is 0.338 e. The lowest BCUT2D eigenvalue weighted by Gasteiger charge is -2.30. The summed E-state index contributed by atoms with van der Waals surface area (Å²) in [5.74, 6) is -0.260. The molecule has 2 N–H and O–H groups in total. The Morgan fingerprint density at radius 3 is 2.42 bits per heavy atom. The Labute approximate surface area is 115 Å². The first-order chi connectivity index (χ1) is 9.04. The Bertz CT molecular complexity index is 488. The van der Waals surface area contributed by atoms with Gasteiger partial charge in [0, 0.05) is 12.0 Å². The second-order valence-corrected chi connectivity index (χ2v) is 5.67. The fourth-order valence-corrected chi connectivity index (χ4v) is 3.39. The van der Waals surface area contributed by atoms with Crippen molar-refractivity contribution in [1.82, 2.24) is 0 Å². The van der Waals surface area contributed by atoms with E-state index in [-0.39, 0.29) is 11.4 Å². The van der Waals surface area contributed by atoms with Gasteiger partial charge in [-0.25, -0.2) is 4.79 Å². The average Bonchev–Trinajstić information content (AvgIpc) is 2.88. The molecule has 104 valence electrons. The molecule has 1 saturated carbocycles. The summed E-state index contributed by atoms with van der Waals surface area (Å²) in [6.07, 6.45) is 4.68. The van der Waals surface area contributed by atoms with Crippen LogP contribution in [0, 0.1) is 13.8 Å². The molecule has 2 rings (SSSR count). The van der Waals surface area contributed by atoms with Crippen molar-refractivity contribution in [3.05, 3.63) is 34.4 Å². The number of nitrogens with two attached hydrogens (primary N) is 1. The average molecular weight is 261 g/mol. The quantitative estimate of drug-likeness (QED) is 0.851. The number of hydrogen-bond donors (Lipinski definition) is 1. The first-order valence-corrected chi connectivity index (χ1v) is 6.94. The van der Waals surface area contributed by atoms with Crippen molar-refractivity contribution >= 4 is 5.97 Å². The molecule has 1 aliphatic rings. The molecule has 3 nitrogen and oxygen atoms in total. The molecule has 0 saturated heterocycles. The second-order valence-electron chi connectivity index (χ2n) is 5.67. The summed E-state index contributed by atoms with van der Waals surface area (Å²) in [5, 5.41) is 0. The predicted molar refractivity (Wildman–Crippen MR) is 76.5 cm³/mol. The molecule has 0 bridgehead atoms. The van der Waals surface area contributed by atoms with Gasteiger partial charge < -0.3 is 10.5 Å². The first-order valence-electron chi connectivity index (χ1n) is 6.94. The largest absolute Gasteiger partial charge is 0.465 e. The number of aryl methyl sites for hydroxylation is 2. The normalized spacial score (nSPS) is 17.5. The van der Waals surface area contributed by atoms with Crippen LogP contribution in [0.5, 0.6) is 0 Å². The monoisotopic (exact) mass is 261 g/mol. The van der Waals surface area contributed by atoms with Crippen LogP contribution in [0.25, 0.3) is 0 Å². The second kappa shape index (κ2) is 5.33. The van der Waals surface area contributed by atoms with Gasteiger partial charge in [0.1, 0.15) is 0 Å². The third kappa shape index (κ3) is 2.39. The lowest BCUT2D eigenvalue weighted by molar-refractivity contribution is 0.0599. The Morgan fingerprint density at radius 1 is 1.26 bits per heavy atom. The maximum absolute atomic E-state index is 11.9. The summed E-state index contributed by atoms with van der Waals surface area (Å²) < 4.78 is 4.87. The zero-order chi connectivity index (χ0) is 14.0. The molecule has 0 aromatic heterocycles. The minimum absolute atomic E-state index is 0.0561. The molecule has 1 aliphatic carbocycles.